The van der Waals surface area contributed by atoms with Crippen molar-refractivity contribution in [2.45, 2.75) is 24.3 Å². The quantitative estimate of drug-likeness (QED) is 0.0611. The largest absolute Gasteiger partial charge is 0.449 e. The van der Waals surface area contributed by atoms with E-state index < -0.39 is 6.09 Å². The summed E-state index contributed by atoms with van der Waals surface area (Å²) < 4.78 is 5.75. The van der Waals surface area contributed by atoms with Gasteiger partial charge in [-0.2, -0.15) is 0 Å². The van der Waals surface area contributed by atoms with Crippen LogP contribution in [0.25, 0.3) is 22.3 Å². The van der Waals surface area contributed by atoms with E-state index in [4.69, 9.17) is 21.7 Å². The third kappa shape index (κ3) is 6.72. The number of nitrogens with zero attached hydrogens (tertiary/aromatic N) is 2. The zero-order valence-electron chi connectivity index (χ0n) is 23.9. The number of carbonyl (C=O) groups is 2. The van der Waals surface area contributed by atoms with E-state index in [0.29, 0.717) is 32.5 Å². The first-order chi connectivity index (χ1) is 21.4. The first kappa shape index (κ1) is 30.7. The monoisotopic (exact) mass is 620 g/mol. The van der Waals surface area contributed by atoms with Crippen LogP contribution in [0.2, 0.25) is 5.02 Å². The van der Waals surface area contributed by atoms with Gasteiger partial charge in [0.2, 0.25) is 0 Å². The first-order valence-electron chi connectivity index (χ1n) is 13.8. The average Bonchev–Trinajstić information content (AvgIpc) is 3.38. The van der Waals surface area contributed by atoms with Crippen LogP contribution in [0.3, 0.4) is 0 Å². The van der Waals surface area contributed by atoms with E-state index in [1.54, 1.807) is 30.6 Å². The Labute approximate surface area is 265 Å². The minimum absolute atomic E-state index is 0.0634. The average molecular weight is 621 g/mol. The van der Waals surface area contributed by atoms with Gasteiger partial charge in [-0.15, -0.1) is 0 Å². The fraction of sp³-hybridized carbons (Fsp3) is 0.114. The second kappa shape index (κ2) is 14.1. The predicted molar refractivity (Wildman–Crippen MR) is 178 cm³/mol. The molecule has 9 heteroatoms. The van der Waals surface area contributed by atoms with Crippen LogP contribution in [-0.4, -0.2) is 35.2 Å². The number of ether oxygens (including phenoxy) is 1. The SMILES string of the molecule is C=C(C=O)C(=N/C=C\C)Sc1c(Cl)cc(-c2ccnc(C=N)c2)cc1CNC(=O)OCC1c2ccccc2-c2ccccc21. The van der Waals surface area contributed by atoms with Crippen molar-refractivity contribution in [2.75, 3.05) is 6.61 Å². The summed E-state index contributed by atoms with van der Waals surface area (Å²) in [5.74, 6) is -0.0634. The third-order valence-electron chi connectivity index (χ3n) is 7.11. The summed E-state index contributed by atoms with van der Waals surface area (Å²) >= 11 is 8.02. The van der Waals surface area contributed by atoms with Crippen molar-refractivity contribution in [3.8, 4) is 22.3 Å². The van der Waals surface area contributed by atoms with Gasteiger partial charge in [0.1, 0.15) is 11.7 Å². The number of halogens is 1. The fourth-order valence-corrected chi connectivity index (χ4v) is 6.31. The van der Waals surface area contributed by atoms with Crippen molar-refractivity contribution in [1.29, 1.82) is 5.41 Å². The van der Waals surface area contributed by atoms with E-state index in [-0.39, 0.29) is 24.6 Å². The van der Waals surface area contributed by atoms with E-state index in [0.717, 1.165) is 33.4 Å². The van der Waals surface area contributed by atoms with Gasteiger partial charge in [-0.3, -0.25) is 9.78 Å². The Bertz CT molecular complexity index is 1770. The van der Waals surface area contributed by atoms with Gasteiger partial charge in [0.25, 0.3) is 0 Å². The molecule has 1 aliphatic carbocycles. The Balaban J connectivity index is 1.40. The maximum absolute atomic E-state index is 13.1. The number of carbonyl (C=O) groups excluding carboxylic acids is 2. The molecule has 7 nitrogen and oxygen atoms in total. The van der Waals surface area contributed by atoms with Crippen molar-refractivity contribution in [1.82, 2.24) is 10.3 Å². The first-order valence-corrected chi connectivity index (χ1v) is 15.0. The minimum atomic E-state index is -0.570. The highest BCUT2D eigenvalue weighted by atomic mass is 35.5. The van der Waals surface area contributed by atoms with Gasteiger partial charge in [0, 0.05) is 41.5 Å². The summed E-state index contributed by atoms with van der Waals surface area (Å²) in [5, 5.41) is 11.2. The smallest absolute Gasteiger partial charge is 0.407 e. The highest BCUT2D eigenvalue weighted by Gasteiger charge is 2.29. The molecule has 1 amide bonds. The molecule has 220 valence electrons. The van der Waals surface area contributed by atoms with Crippen molar-refractivity contribution in [3.63, 3.8) is 0 Å². The summed E-state index contributed by atoms with van der Waals surface area (Å²) in [6.45, 7) is 5.92. The molecule has 0 fully saturated rings. The number of rotatable bonds is 10. The number of thioether (sulfide) groups is 1. The molecule has 0 unspecified atom stereocenters. The van der Waals surface area contributed by atoms with Gasteiger partial charge in [0.15, 0.2) is 6.29 Å². The van der Waals surface area contributed by atoms with Crippen LogP contribution in [-0.2, 0) is 16.1 Å². The Kier molecular flexibility index (Phi) is 9.84. The summed E-state index contributed by atoms with van der Waals surface area (Å²) in [7, 11) is 0. The molecular weight excluding hydrogens is 592 g/mol. The number of aldehydes is 1. The standard InChI is InChI=1S/C35H29ClN4O3S/c1-3-13-39-34(22(2)20-41)44-33-25(15-24(17-32(33)36)23-12-14-38-26(16-23)18-37)19-40-35(42)43-21-31-29-10-6-4-8-27(29)28-9-5-7-11-30(28)31/h3-18,20,31,37H,2,19,21H2,1H3,(H,40,42)/b13-3-,37-18?,39-34?. The molecule has 0 saturated heterocycles. The van der Waals surface area contributed by atoms with E-state index in [1.165, 1.54) is 18.0 Å². The minimum Gasteiger partial charge on any atom is -0.449 e. The van der Waals surface area contributed by atoms with Crippen LogP contribution in [0.15, 0.2) is 113 Å². The Hall–Kier alpha value is -4.79. The highest BCUT2D eigenvalue weighted by molar-refractivity contribution is 8.14. The number of nitrogens with one attached hydrogen (secondary N) is 2. The van der Waals surface area contributed by atoms with Crippen LogP contribution in [0.4, 0.5) is 4.79 Å². The summed E-state index contributed by atoms with van der Waals surface area (Å²) in [6.07, 6.45) is 6.18. The second-order valence-electron chi connectivity index (χ2n) is 9.90. The molecule has 44 heavy (non-hydrogen) atoms. The lowest BCUT2D eigenvalue weighted by molar-refractivity contribution is -0.104. The Morgan fingerprint density at radius 2 is 1.80 bits per heavy atom. The number of alkyl carbamates (subject to hydrolysis) is 1. The maximum atomic E-state index is 13.1. The molecule has 4 aromatic rings. The molecule has 2 N–H and O–H groups in total. The van der Waals surface area contributed by atoms with Gasteiger partial charge in [-0.05, 0) is 70.1 Å². The number of aromatic nitrogens is 1. The molecule has 0 atom stereocenters. The third-order valence-corrected chi connectivity index (χ3v) is 8.76. The summed E-state index contributed by atoms with van der Waals surface area (Å²) in [6, 6.07) is 23.6. The number of aliphatic imine (C=N–C) groups is 1. The number of fused-ring (bicyclic) bond motifs is 3. The Morgan fingerprint density at radius 1 is 1.09 bits per heavy atom. The second-order valence-corrected chi connectivity index (χ2v) is 11.3. The number of allylic oxidation sites excluding steroid dienone is 1. The lowest BCUT2D eigenvalue weighted by atomic mass is 9.98. The van der Waals surface area contributed by atoms with Crippen molar-refractivity contribution in [3.05, 3.63) is 131 Å². The lowest BCUT2D eigenvalue weighted by Gasteiger charge is -2.17. The predicted octanol–water partition coefficient (Wildman–Crippen LogP) is 8.22. The van der Waals surface area contributed by atoms with Crippen LogP contribution in [0.5, 0.6) is 0 Å². The zero-order valence-corrected chi connectivity index (χ0v) is 25.5. The fourth-order valence-electron chi connectivity index (χ4n) is 5.05. The number of pyridine rings is 1. The van der Waals surface area contributed by atoms with Crippen LogP contribution < -0.4 is 5.32 Å². The van der Waals surface area contributed by atoms with Crippen molar-refractivity contribution in [2.24, 2.45) is 4.99 Å². The van der Waals surface area contributed by atoms with E-state index >= 15 is 0 Å². The molecule has 1 aliphatic rings. The summed E-state index contributed by atoms with van der Waals surface area (Å²) in [4.78, 5) is 33.8. The van der Waals surface area contributed by atoms with E-state index in [1.807, 2.05) is 43.3 Å². The van der Waals surface area contributed by atoms with E-state index in [9.17, 15) is 9.59 Å². The normalized spacial score (nSPS) is 12.5. The van der Waals surface area contributed by atoms with Gasteiger partial charge in [-0.1, -0.05) is 84.5 Å². The Morgan fingerprint density at radius 3 is 2.45 bits per heavy atom. The van der Waals surface area contributed by atoms with E-state index in [2.05, 4.69) is 46.1 Å². The number of amides is 1. The molecule has 1 heterocycles. The van der Waals surface area contributed by atoms with Crippen LogP contribution in [0.1, 0.15) is 35.2 Å². The van der Waals surface area contributed by atoms with Gasteiger partial charge >= 0.3 is 6.09 Å². The lowest BCUT2D eigenvalue weighted by Crippen LogP contribution is -2.26. The molecule has 0 saturated carbocycles. The van der Waals surface area contributed by atoms with Crippen LogP contribution >= 0.6 is 23.4 Å². The molecule has 1 aromatic heterocycles. The van der Waals surface area contributed by atoms with Crippen LogP contribution in [0, 0.1) is 5.41 Å². The molecule has 0 aliphatic heterocycles. The highest BCUT2D eigenvalue weighted by Crippen LogP contribution is 2.44. The molecule has 5 rings (SSSR count). The number of hydrogen-bond acceptors (Lipinski definition) is 7. The van der Waals surface area contributed by atoms with Gasteiger partial charge < -0.3 is 15.5 Å². The van der Waals surface area contributed by atoms with Crippen molar-refractivity contribution >= 4 is 47.0 Å². The molecule has 3 aromatic carbocycles. The zero-order chi connectivity index (χ0) is 31.1. The summed E-state index contributed by atoms with van der Waals surface area (Å²) in [5.41, 5.74) is 7.53. The van der Waals surface area contributed by atoms with Gasteiger partial charge in [-0.25, -0.2) is 9.79 Å². The van der Waals surface area contributed by atoms with Gasteiger partial charge in [0.05, 0.1) is 10.7 Å². The van der Waals surface area contributed by atoms with Crippen molar-refractivity contribution < 1.29 is 14.3 Å². The maximum Gasteiger partial charge on any atom is 0.407 e. The topological polar surface area (TPSA) is 105 Å². The number of hydrogen-bond donors (Lipinski definition) is 2. The molecule has 0 radical (unpaired) electrons. The molecular formula is C35H29ClN4O3S. The molecule has 0 spiro atoms. The molecule has 0 bridgehead atoms. The number of benzene rings is 3.